The molecule has 2 aromatic rings. The van der Waals surface area contributed by atoms with E-state index in [-0.39, 0.29) is 16.8 Å². The second kappa shape index (κ2) is 4.78. The summed E-state index contributed by atoms with van der Waals surface area (Å²) in [6.07, 6.45) is 4.57. The maximum Gasteiger partial charge on any atom is 0.246 e. The third-order valence-corrected chi connectivity index (χ3v) is 3.92. The van der Waals surface area contributed by atoms with E-state index in [4.69, 9.17) is 5.73 Å². The first kappa shape index (κ1) is 12.6. The largest absolute Gasteiger partial charge is 0.383 e. The summed E-state index contributed by atoms with van der Waals surface area (Å²) in [5, 5.41) is 9.97. The van der Waals surface area contributed by atoms with Crippen molar-refractivity contribution in [2.24, 2.45) is 0 Å². The fourth-order valence-electron chi connectivity index (χ4n) is 1.55. The Balaban J connectivity index is 2.07. The van der Waals surface area contributed by atoms with E-state index in [0.717, 1.165) is 0 Å². The van der Waals surface area contributed by atoms with Gasteiger partial charge in [-0.25, -0.2) is 13.1 Å². The number of anilines is 1. The number of hydrogen-bond acceptors (Lipinski definition) is 5. The Morgan fingerprint density at radius 2 is 2.39 bits per heavy atom. The van der Waals surface area contributed by atoms with E-state index in [1.165, 1.54) is 6.20 Å². The molecular weight excluding hydrogens is 256 g/mol. The fourth-order valence-corrected chi connectivity index (χ4v) is 2.81. The Morgan fingerprint density at radius 1 is 1.61 bits per heavy atom. The number of nitrogens with zero attached hydrogens (tertiary/aromatic N) is 3. The molecule has 0 radical (unpaired) electrons. The van der Waals surface area contributed by atoms with Crippen molar-refractivity contribution in [3.63, 3.8) is 0 Å². The third-order valence-electron chi connectivity index (χ3n) is 2.30. The van der Waals surface area contributed by atoms with Gasteiger partial charge in [0.1, 0.15) is 10.7 Å². The van der Waals surface area contributed by atoms with Crippen molar-refractivity contribution < 1.29 is 8.42 Å². The molecule has 0 bridgehead atoms. The summed E-state index contributed by atoms with van der Waals surface area (Å²) in [7, 11) is -3.66. The van der Waals surface area contributed by atoms with Gasteiger partial charge in [-0.2, -0.15) is 10.2 Å². The SMILES string of the molecule is CC(Cn1cccn1)NS(=O)(=O)c1cn[nH]c1N. The first-order chi connectivity index (χ1) is 8.49. The lowest BCUT2D eigenvalue weighted by molar-refractivity contribution is 0.494. The van der Waals surface area contributed by atoms with E-state index in [2.05, 4.69) is 20.0 Å². The van der Waals surface area contributed by atoms with Gasteiger partial charge in [0.15, 0.2) is 0 Å². The van der Waals surface area contributed by atoms with Gasteiger partial charge in [-0.1, -0.05) is 0 Å². The number of nitrogen functional groups attached to an aromatic ring is 1. The second-order valence-corrected chi connectivity index (χ2v) is 5.58. The minimum Gasteiger partial charge on any atom is -0.383 e. The van der Waals surface area contributed by atoms with Crippen LogP contribution in [0.4, 0.5) is 5.82 Å². The van der Waals surface area contributed by atoms with Crippen molar-refractivity contribution in [3.05, 3.63) is 24.7 Å². The Labute approximate surface area is 104 Å². The molecule has 0 aliphatic heterocycles. The van der Waals surface area contributed by atoms with Gasteiger partial charge in [-0.3, -0.25) is 9.78 Å². The molecule has 2 rings (SSSR count). The van der Waals surface area contributed by atoms with Crippen molar-refractivity contribution in [1.29, 1.82) is 0 Å². The highest BCUT2D eigenvalue weighted by Gasteiger charge is 2.21. The molecule has 0 aliphatic carbocycles. The lowest BCUT2D eigenvalue weighted by Gasteiger charge is -2.13. The first-order valence-corrected chi connectivity index (χ1v) is 6.76. The number of nitrogens with one attached hydrogen (secondary N) is 2. The summed E-state index contributed by atoms with van der Waals surface area (Å²) >= 11 is 0. The van der Waals surface area contributed by atoms with Crippen LogP contribution in [0.2, 0.25) is 0 Å². The minimum absolute atomic E-state index is 0.0220. The molecule has 2 heterocycles. The molecule has 9 heteroatoms. The van der Waals surface area contributed by atoms with E-state index in [0.29, 0.717) is 6.54 Å². The second-order valence-electron chi connectivity index (χ2n) is 3.90. The van der Waals surface area contributed by atoms with E-state index in [1.807, 2.05) is 0 Å². The van der Waals surface area contributed by atoms with Crippen molar-refractivity contribution >= 4 is 15.8 Å². The Bertz CT molecular complexity index is 603. The molecule has 98 valence electrons. The van der Waals surface area contributed by atoms with Gasteiger partial charge in [-0.15, -0.1) is 0 Å². The summed E-state index contributed by atoms with van der Waals surface area (Å²) in [5.41, 5.74) is 5.48. The van der Waals surface area contributed by atoms with Crippen LogP contribution in [0.1, 0.15) is 6.92 Å². The van der Waals surface area contributed by atoms with Gasteiger partial charge in [0, 0.05) is 18.4 Å². The molecule has 0 saturated carbocycles. The standard InChI is InChI=1S/C9H14N6O2S/c1-7(6-15-4-2-3-12-15)14-18(16,17)8-5-11-13-9(8)10/h2-5,7,14H,6H2,1H3,(H3,10,11,13). The molecule has 18 heavy (non-hydrogen) atoms. The van der Waals surface area contributed by atoms with E-state index in [1.54, 1.807) is 30.1 Å². The average Bonchev–Trinajstić information content (AvgIpc) is 2.88. The van der Waals surface area contributed by atoms with Crippen LogP contribution in [0.25, 0.3) is 0 Å². The molecule has 0 aliphatic rings. The summed E-state index contributed by atoms with van der Waals surface area (Å²) in [6, 6.07) is 1.46. The summed E-state index contributed by atoms with van der Waals surface area (Å²) in [6.45, 7) is 2.18. The summed E-state index contributed by atoms with van der Waals surface area (Å²) < 4.78 is 28.1. The maximum absolute atomic E-state index is 12.0. The molecule has 0 aromatic carbocycles. The number of nitrogens with two attached hydrogens (primary N) is 1. The predicted octanol–water partition coefficient (Wildman–Crippen LogP) is -0.445. The number of H-pyrrole nitrogens is 1. The lowest BCUT2D eigenvalue weighted by Crippen LogP contribution is -2.35. The van der Waals surface area contributed by atoms with Crippen LogP contribution in [-0.2, 0) is 16.6 Å². The Morgan fingerprint density at radius 3 is 2.94 bits per heavy atom. The molecule has 4 N–H and O–H groups in total. The molecule has 0 saturated heterocycles. The van der Waals surface area contributed by atoms with Gasteiger partial charge < -0.3 is 5.73 Å². The van der Waals surface area contributed by atoms with Crippen molar-refractivity contribution in [2.75, 3.05) is 5.73 Å². The number of aromatic amines is 1. The third kappa shape index (κ3) is 2.68. The van der Waals surface area contributed by atoms with E-state index in [9.17, 15) is 8.42 Å². The topological polar surface area (TPSA) is 119 Å². The van der Waals surface area contributed by atoms with Crippen LogP contribution in [0.3, 0.4) is 0 Å². The Hall–Kier alpha value is -1.87. The quantitative estimate of drug-likeness (QED) is 0.680. The van der Waals surface area contributed by atoms with Gasteiger partial charge in [0.25, 0.3) is 0 Å². The highest BCUT2D eigenvalue weighted by Crippen LogP contribution is 2.14. The van der Waals surface area contributed by atoms with Crippen molar-refractivity contribution in [1.82, 2.24) is 24.7 Å². The number of rotatable bonds is 5. The van der Waals surface area contributed by atoms with Crippen LogP contribution in [0, 0.1) is 0 Å². The zero-order valence-electron chi connectivity index (χ0n) is 9.74. The highest BCUT2D eigenvalue weighted by molar-refractivity contribution is 7.89. The molecule has 0 amide bonds. The predicted molar refractivity (Wildman–Crippen MR) is 65.0 cm³/mol. The lowest BCUT2D eigenvalue weighted by atomic mass is 10.4. The molecule has 0 spiro atoms. The minimum atomic E-state index is -3.66. The fraction of sp³-hybridized carbons (Fsp3) is 0.333. The smallest absolute Gasteiger partial charge is 0.246 e. The van der Waals surface area contributed by atoms with Crippen LogP contribution in [-0.4, -0.2) is 34.4 Å². The number of aromatic nitrogens is 4. The molecular formula is C9H14N6O2S. The normalized spacial score (nSPS) is 13.6. The van der Waals surface area contributed by atoms with Crippen molar-refractivity contribution in [2.45, 2.75) is 24.4 Å². The van der Waals surface area contributed by atoms with Crippen LogP contribution in [0.5, 0.6) is 0 Å². The van der Waals surface area contributed by atoms with Gasteiger partial charge >= 0.3 is 0 Å². The number of sulfonamides is 1. The van der Waals surface area contributed by atoms with E-state index >= 15 is 0 Å². The molecule has 1 atom stereocenters. The zero-order chi connectivity index (χ0) is 13.2. The van der Waals surface area contributed by atoms with Gasteiger partial charge in [-0.05, 0) is 13.0 Å². The first-order valence-electron chi connectivity index (χ1n) is 5.27. The maximum atomic E-state index is 12.0. The van der Waals surface area contributed by atoms with Crippen LogP contribution >= 0.6 is 0 Å². The van der Waals surface area contributed by atoms with Crippen molar-refractivity contribution in [3.8, 4) is 0 Å². The van der Waals surface area contributed by atoms with Gasteiger partial charge in [0.2, 0.25) is 10.0 Å². The summed E-state index contributed by atoms with van der Waals surface area (Å²) in [5.74, 6) is 0.0220. The van der Waals surface area contributed by atoms with Crippen LogP contribution in [0.15, 0.2) is 29.6 Å². The molecule has 8 nitrogen and oxygen atoms in total. The van der Waals surface area contributed by atoms with E-state index < -0.39 is 10.0 Å². The van der Waals surface area contributed by atoms with Gasteiger partial charge in [0.05, 0.1) is 12.7 Å². The molecule has 0 fully saturated rings. The molecule has 1 unspecified atom stereocenters. The monoisotopic (exact) mass is 270 g/mol. The highest BCUT2D eigenvalue weighted by atomic mass is 32.2. The zero-order valence-corrected chi connectivity index (χ0v) is 10.6. The molecule has 2 aromatic heterocycles. The average molecular weight is 270 g/mol. The number of hydrogen-bond donors (Lipinski definition) is 3. The summed E-state index contributed by atoms with van der Waals surface area (Å²) in [4.78, 5) is -0.0465. The Kier molecular flexibility index (Phi) is 3.34. The van der Waals surface area contributed by atoms with Crippen LogP contribution < -0.4 is 10.5 Å².